The zero-order valence-corrected chi connectivity index (χ0v) is 20.3. The molecule has 0 atom stereocenters. The maximum absolute atomic E-state index is 13.2. The number of hydrogen-bond donors (Lipinski definition) is 2. The van der Waals surface area contributed by atoms with Gasteiger partial charge in [0, 0.05) is 11.3 Å². The lowest BCUT2D eigenvalue weighted by Gasteiger charge is -2.28. The Balaban J connectivity index is 1.53. The van der Waals surface area contributed by atoms with Crippen molar-refractivity contribution in [2.24, 2.45) is 0 Å². The van der Waals surface area contributed by atoms with E-state index in [1.807, 2.05) is 6.07 Å². The lowest BCUT2D eigenvalue weighted by atomic mass is 10.1. The van der Waals surface area contributed by atoms with E-state index in [4.69, 9.17) is 40.2 Å². The van der Waals surface area contributed by atoms with Crippen LogP contribution in [0.15, 0.2) is 78.4 Å². The van der Waals surface area contributed by atoms with Crippen LogP contribution in [0.4, 0.5) is 11.4 Å². The van der Waals surface area contributed by atoms with Crippen LogP contribution in [0, 0.1) is 0 Å². The third-order valence-corrected chi connectivity index (χ3v) is 5.92. The molecule has 0 bridgehead atoms. The molecule has 1 saturated heterocycles. The van der Waals surface area contributed by atoms with E-state index in [-0.39, 0.29) is 17.3 Å². The van der Waals surface area contributed by atoms with Gasteiger partial charge in [0.25, 0.3) is 17.7 Å². The highest BCUT2D eigenvalue weighted by molar-refractivity contribution is 7.80. The number of carbonyl (C=O) groups excluding carboxylic acids is 3. The topological polar surface area (TPSA) is 87.7 Å². The molecule has 1 aliphatic heterocycles. The van der Waals surface area contributed by atoms with Gasteiger partial charge in [0.05, 0.1) is 15.7 Å². The highest BCUT2D eigenvalue weighted by atomic mass is 35.5. The first-order chi connectivity index (χ1) is 16.8. The van der Waals surface area contributed by atoms with E-state index in [0.717, 1.165) is 0 Å². The van der Waals surface area contributed by atoms with Gasteiger partial charge in [0.15, 0.2) is 11.7 Å². The molecule has 3 amide bonds. The summed E-state index contributed by atoms with van der Waals surface area (Å²) in [5, 5.41) is 5.87. The third kappa shape index (κ3) is 5.68. The summed E-state index contributed by atoms with van der Waals surface area (Å²) < 4.78 is 5.67. The second-order valence-corrected chi connectivity index (χ2v) is 8.50. The maximum Gasteiger partial charge on any atom is 0.270 e. The predicted octanol–water partition coefficient (Wildman–Crippen LogP) is 4.84. The van der Waals surface area contributed by atoms with Crippen LogP contribution < -0.4 is 20.3 Å². The summed E-state index contributed by atoms with van der Waals surface area (Å²) in [6.45, 7) is -0.319. The van der Waals surface area contributed by atoms with Crippen LogP contribution in [-0.2, 0) is 14.4 Å². The van der Waals surface area contributed by atoms with Gasteiger partial charge in [-0.25, -0.2) is 0 Å². The molecule has 0 spiro atoms. The Morgan fingerprint density at radius 1 is 1.00 bits per heavy atom. The van der Waals surface area contributed by atoms with Gasteiger partial charge in [-0.05, 0) is 54.7 Å². The van der Waals surface area contributed by atoms with E-state index in [1.54, 1.807) is 60.7 Å². The fourth-order valence-electron chi connectivity index (χ4n) is 3.27. The van der Waals surface area contributed by atoms with Crippen LogP contribution >= 0.6 is 35.4 Å². The lowest BCUT2D eigenvalue weighted by Crippen LogP contribution is -2.54. The van der Waals surface area contributed by atoms with Crippen LogP contribution in [-0.4, -0.2) is 29.4 Å². The van der Waals surface area contributed by atoms with Crippen LogP contribution in [0.1, 0.15) is 5.56 Å². The SMILES string of the molecule is O=C(COc1ccccc1/C=C1/C(=O)NC(=S)N(c2ccccc2)C1=O)Nc1ccc(Cl)c(Cl)c1. The Hall–Kier alpha value is -3.72. The van der Waals surface area contributed by atoms with Gasteiger partial charge in [-0.2, -0.15) is 0 Å². The van der Waals surface area contributed by atoms with Gasteiger partial charge in [0.2, 0.25) is 0 Å². The van der Waals surface area contributed by atoms with Crippen LogP contribution in [0.5, 0.6) is 5.75 Å². The molecule has 1 heterocycles. The molecule has 7 nitrogen and oxygen atoms in total. The maximum atomic E-state index is 13.2. The van der Waals surface area contributed by atoms with Gasteiger partial charge in [-0.15, -0.1) is 0 Å². The number of para-hydroxylation sites is 2. The summed E-state index contributed by atoms with van der Waals surface area (Å²) in [7, 11) is 0. The minimum absolute atomic E-state index is 0.00754. The van der Waals surface area contributed by atoms with Gasteiger partial charge in [0.1, 0.15) is 11.3 Å². The summed E-state index contributed by atoms with van der Waals surface area (Å²) in [4.78, 5) is 39.4. The van der Waals surface area contributed by atoms with Gasteiger partial charge < -0.3 is 10.1 Å². The number of ether oxygens (including phenoxy) is 1. The van der Waals surface area contributed by atoms with Gasteiger partial charge in [-0.3, -0.25) is 24.6 Å². The van der Waals surface area contributed by atoms with Crippen molar-refractivity contribution in [2.75, 3.05) is 16.8 Å². The van der Waals surface area contributed by atoms with Crippen molar-refractivity contribution >= 4 is 75.7 Å². The number of thiocarbonyl (C=S) groups is 1. The quantitative estimate of drug-likeness (QED) is 0.273. The molecule has 4 rings (SSSR count). The monoisotopic (exact) mass is 525 g/mol. The number of rotatable bonds is 6. The standard InChI is InChI=1S/C25H17Cl2N3O4S/c26-19-11-10-16(13-20(19)27)28-22(31)14-34-21-9-5-4-6-15(21)12-18-23(32)29-25(35)30(24(18)33)17-7-2-1-3-8-17/h1-13H,14H2,(H,28,31)(H,29,32,35)/b18-12-. The Bertz CT molecular complexity index is 1360. The zero-order valence-electron chi connectivity index (χ0n) is 18.0. The second-order valence-electron chi connectivity index (χ2n) is 7.30. The number of hydrogen-bond acceptors (Lipinski definition) is 5. The van der Waals surface area contributed by atoms with E-state index >= 15 is 0 Å². The number of halogens is 2. The van der Waals surface area contributed by atoms with Crippen molar-refractivity contribution in [3.63, 3.8) is 0 Å². The minimum Gasteiger partial charge on any atom is -0.483 e. The van der Waals surface area contributed by atoms with E-state index in [0.29, 0.717) is 32.7 Å². The number of nitrogens with one attached hydrogen (secondary N) is 2. The number of benzene rings is 3. The minimum atomic E-state index is -0.626. The first-order valence-corrected chi connectivity index (χ1v) is 11.4. The molecule has 35 heavy (non-hydrogen) atoms. The van der Waals surface area contributed by atoms with Gasteiger partial charge in [-0.1, -0.05) is 59.6 Å². The first kappa shape index (κ1) is 24.4. The highest BCUT2D eigenvalue weighted by Gasteiger charge is 2.34. The molecule has 176 valence electrons. The molecular weight excluding hydrogens is 509 g/mol. The molecule has 1 aliphatic rings. The third-order valence-electron chi connectivity index (χ3n) is 4.90. The molecule has 0 saturated carbocycles. The molecular formula is C25H17Cl2N3O4S. The molecule has 2 N–H and O–H groups in total. The van der Waals surface area contributed by atoms with Crippen molar-refractivity contribution in [3.8, 4) is 5.75 Å². The van der Waals surface area contributed by atoms with E-state index in [9.17, 15) is 14.4 Å². The molecule has 1 fully saturated rings. The predicted molar refractivity (Wildman–Crippen MR) is 140 cm³/mol. The van der Waals surface area contributed by atoms with Gasteiger partial charge >= 0.3 is 0 Å². The van der Waals surface area contributed by atoms with Crippen molar-refractivity contribution < 1.29 is 19.1 Å². The Labute approximate surface area is 216 Å². The summed E-state index contributed by atoms with van der Waals surface area (Å²) in [5.41, 5.74) is 1.30. The summed E-state index contributed by atoms with van der Waals surface area (Å²) in [6, 6.07) is 20.2. The fourth-order valence-corrected chi connectivity index (χ4v) is 3.85. The normalized spacial score (nSPS) is 14.6. The lowest BCUT2D eigenvalue weighted by molar-refractivity contribution is -0.122. The Kier molecular flexibility index (Phi) is 7.45. The summed E-state index contributed by atoms with van der Waals surface area (Å²) in [6.07, 6.45) is 1.40. The van der Waals surface area contributed by atoms with Crippen LogP contribution in [0.2, 0.25) is 10.0 Å². The largest absolute Gasteiger partial charge is 0.483 e. The zero-order chi connectivity index (χ0) is 24.9. The number of anilines is 2. The van der Waals surface area contributed by atoms with Crippen molar-refractivity contribution in [2.45, 2.75) is 0 Å². The molecule has 3 aromatic rings. The molecule has 10 heteroatoms. The van der Waals surface area contributed by atoms with Crippen molar-refractivity contribution in [1.82, 2.24) is 5.32 Å². The van der Waals surface area contributed by atoms with Crippen LogP contribution in [0.3, 0.4) is 0 Å². The summed E-state index contributed by atoms with van der Waals surface area (Å²) in [5.74, 6) is -1.32. The number of amides is 3. The average molecular weight is 526 g/mol. The highest BCUT2D eigenvalue weighted by Crippen LogP contribution is 2.27. The van der Waals surface area contributed by atoms with Crippen molar-refractivity contribution in [3.05, 3.63) is 94.0 Å². The smallest absolute Gasteiger partial charge is 0.270 e. The molecule has 0 aromatic heterocycles. The number of carbonyl (C=O) groups is 3. The molecule has 0 radical (unpaired) electrons. The fraction of sp³-hybridized carbons (Fsp3) is 0.0400. The van der Waals surface area contributed by atoms with E-state index < -0.39 is 17.7 Å². The van der Waals surface area contributed by atoms with Crippen molar-refractivity contribution in [1.29, 1.82) is 0 Å². The second kappa shape index (κ2) is 10.7. The molecule has 0 aliphatic carbocycles. The Morgan fingerprint density at radius 3 is 2.46 bits per heavy atom. The van der Waals surface area contributed by atoms with Crippen LogP contribution in [0.25, 0.3) is 6.08 Å². The average Bonchev–Trinajstić information content (AvgIpc) is 2.84. The molecule has 0 unspecified atom stereocenters. The van der Waals surface area contributed by atoms with E-state index in [1.165, 1.54) is 17.0 Å². The van der Waals surface area contributed by atoms with E-state index in [2.05, 4.69) is 10.6 Å². The Morgan fingerprint density at radius 2 is 1.71 bits per heavy atom. The first-order valence-electron chi connectivity index (χ1n) is 10.3. The molecule has 3 aromatic carbocycles. The number of nitrogens with zero attached hydrogens (tertiary/aromatic N) is 1. The summed E-state index contributed by atoms with van der Waals surface area (Å²) >= 11 is 17.1.